The number of nitrogens with one attached hydrogen (secondary N) is 1. The number of hydrogen-bond acceptors (Lipinski definition) is 4. The van der Waals surface area contributed by atoms with Gasteiger partial charge in [0.1, 0.15) is 0 Å². The summed E-state index contributed by atoms with van der Waals surface area (Å²) in [6.07, 6.45) is 3.03. The van der Waals surface area contributed by atoms with Crippen LogP contribution in [0.4, 0.5) is 0 Å². The molecule has 3 atom stereocenters. The van der Waals surface area contributed by atoms with Crippen molar-refractivity contribution in [2.24, 2.45) is 16.7 Å². The first-order chi connectivity index (χ1) is 11.8. The summed E-state index contributed by atoms with van der Waals surface area (Å²) in [5, 5.41) is 0. The summed E-state index contributed by atoms with van der Waals surface area (Å²) in [4.78, 5) is 0.175. The van der Waals surface area contributed by atoms with Gasteiger partial charge in [0.15, 0.2) is 0 Å². The fourth-order valence-corrected chi connectivity index (χ4v) is 6.90. The van der Waals surface area contributed by atoms with E-state index >= 15 is 0 Å². The van der Waals surface area contributed by atoms with Gasteiger partial charge in [0.2, 0.25) is 20.0 Å². The molecule has 146 valence electrons. The molecule has 0 aliphatic heterocycles. The summed E-state index contributed by atoms with van der Waals surface area (Å²) in [6.45, 7) is 6.65. The molecule has 0 saturated heterocycles. The number of sulfonamides is 2. The second kappa shape index (κ2) is 6.02. The minimum absolute atomic E-state index is 0.0566. The second-order valence-corrected chi connectivity index (χ2v) is 12.4. The Labute approximate surface area is 157 Å². The van der Waals surface area contributed by atoms with E-state index in [9.17, 15) is 16.8 Å². The molecule has 1 N–H and O–H groups in total. The minimum atomic E-state index is -3.70. The average Bonchev–Trinajstić information content (AvgIpc) is 2.88. The van der Waals surface area contributed by atoms with E-state index in [0.717, 1.165) is 23.6 Å². The predicted octanol–water partition coefficient (Wildman–Crippen LogP) is 2.43. The average molecular weight is 401 g/mol. The Kier molecular flexibility index (Phi) is 4.58. The van der Waals surface area contributed by atoms with Gasteiger partial charge in [0.25, 0.3) is 0 Å². The third kappa shape index (κ3) is 2.82. The maximum absolute atomic E-state index is 12.8. The molecule has 3 rings (SSSR count). The van der Waals surface area contributed by atoms with Gasteiger partial charge in [-0.15, -0.1) is 0 Å². The molecule has 0 aromatic heterocycles. The lowest BCUT2D eigenvalue weighted by atomic mass is 9.69. The van der Waals surface area contributed by atoms with E-state index in [2.05, 4.69) is 25.5 Å². The molecule has 8 heteroatoms. The van der Waals surface area contributed by atoms with Gasteiger partial charge in [0, 0.05) is 20.1 Å². The van der Waals surface area contributed by atoms with Crippen molar-refractivity contribution in [3.05, 3.63) is 24.3 Å². The zero-order valence-corrected chi connectivity index (χ0v) is 17.6. The van der Waals surface area contributed by atoms with Crippen molar-refractivity contribution in [1.29, 1.82) is 0 Å². The molecule has 1 aromatic rings. The van der Waals surface area contributed by atoms with Crippen molar-refractivity contribution < 1.29 is 16.8 Å². The Balaban J connectivity index is 1.84. The van der Waals surface area contributed by atoms with Crippen molar-refractivity contribution in [2.45, 2.75) is 55.9 Å². The lowest BCUT2D eigenvalue weighted by molar-refractivity contribution is 0.130. The summed E-state index contributed by atoms with van der Waals surface area (Å²) < 4.78 is 53.9. The molecule has 2 fully saturated rings. The van der Waals surface area contributed by atoms with Gasteiger partial charge < -0.3 is 0 Å². The van der Waals surface area contributed by atoms with Crippen LogP contribution in [0.15, 0.2) is 34.1 Å². The summed E-state index contributed by atoms with van der Waals surface area (Å²) in [6, 6.07) is 5.32. The van der Waals surface area contributed by atoms with Crippen LogP contribution in [0.3, 0.4) is 0 Å². The van der Waals surface area contributed by atoms with Crippen LogP contribution in [0.5, 0.6) is 0 Å². The quantitative estimate of drug-likeness (QED) is 0.823. The van der Waals surface area contributed by atoms with Gasteiger partial charge in [-0.1, -0.05) is 20.8 Å². The van der Waals surface area contributed by atoms with Crippen LogP contribution in [-0.4, -0.2) is 41.3 Å². The molecule has 6 nitrogen and oxygen atoms in total. The Hall–Kier alpha value is -0.960. The van der Waals surface area contributed by atoms with E-state index in [1.165, 1.54) is 38.4 Å². The Morgan fingerprint density at radius 3 is 1.96 bits per heavy atom. The minimum Gasteiger partial charge on any atom is -0.207 e. The number of fused-ring (bicyclic) bond motifs is 2. The number of benzene rings is 1. The molecule has 2 aliphatic carbocycles. The number of nitrogens with zero attached hydrogens (tertiary/aromatic N) is 1. The van der Waals surface area contributed by atoms with Gasteiger partial charge in [-0.2, -0.15) is 0 Å². The number of hydrogen-bond donors (Lipinski definition) is 1. The number of rotatable bonds is 5. The van der Waals surface area contributed by atoms with E-state index in [1.54, 1.807) is 0 Å². The highest BCUT2D eigenvalue weighted by Gasteiger charge is 2.61. The second-order valence-electron chi connectivity index (χ2n) is 8.54. The highest BCUT2D eigenvalue weighted by molar-refractivity contribution is 7.89. The zero-order valence-electron chi connectivity index (χ0n) is 16.0. The lowest BCUT2D eigenvalue weighted by Crippen LogP contribution is -2.46. The highest BCUT2D eigenvalue weighted by Crippen LogP contribution is 2.65. The van der Waals surface area contributed by atoms with E-state index in [0.29, 0.717) is 5.92 Å². The molecule has 0 unspecified atom stereocenters. The summed E-state index contributed by atoms with van der Waals surface area (Å²) >= 11 is 0. The van der Waals surface area contributed by atoms with Crippen molar-refractivity contribution in [3.8, 4) is 0 Å². The molecule has 0 spiro atoms. The SMILES string of the molecule is CN(C)S(=O)(=O)c1ccc(S(=O)(=O)N[C@H]2C[C@H]3CC[C@@]2(C)C3(C)C)cc1. The van der Waals surface area contributed by atoms with Gasteiger partial charge in [0.05, 0.1) is 9.79 Å². The van der Waals surface area contributed by atoms with Gasteiger partial charge in [-0.25, -0.2) is 25.9 Å². The molecule has 0 heterocycles. The summed E-state index contributed by atoms with van der Waals surface area (Å²) in [7, 11) is -4.38. The monoisotopic (exact) mass is 400 g/mol. The van der Waals surface area contributed by atoms with Crippen LogP contribution < -0.4 is 4.72 Å². The highest BCUT2D eigenvalue weighted by atomic mass is 32.2. The topological polar surface area (TPSA) is 83.6 Å². The molecule has 1 aromatic carbocycles. The third-order valence-corrected chi connectivity index (χ3v) is 10.3. The fraction of sp³-hybridized carbons (Fsp3) is 0.667. The van der Waals surface area contributed by atoms with E-state index in [-0.39, 0.29) is 26.7 Å². The molecule has 0 amide bonds. The zero-order chi connectivity index (χ0) is 19.5. The van der Waals surface area contributed by atoms with Crippen molar-refractivity contribution in [1.82, 2.24) is 9.03 Å². The van der Waals surface area contributed by atoms with Crippen LogP contribution in [0.1, 0.15) is 40.0 Å². The lowest BCUT2D eigenvalue weighted by Gasteiger charge is -2.39. The fourth-order valence-electron chi connectivity index (χ4n) is 4.64. The normalized spacial score (nSPS) is 30.8. The van der Waals surface area contributed by atoms with Crippen LogP contribution in [0.2, 0.25) is 0 Å². The molecule has 2 bridgehead atoms. The van der Waals surface area contributed by atoms with E-state index in [4.69, 9.17) is 0 Å². The molecule has 0 radical (unpaired) electrons. The largest absolute Gasteiger partial charge is 0.242 e. The standard InChI is InChI=1S/C18H28N2O4S2/c1-17(2)13-10-11-18(17,3)16(12-13)19-25(21,22)14-6-8-15(9-7-14)26(23,24)20(4)5/h6-9,13,16,19H,10-12H2,1-5H3/t13-,16+,18-/m1/s1. The maximum atomic E-state index is 12.8. The van der Waals surface area contributed by atoms with E-state index < -0.39 is 20.0 Å². The first-order valence-electron chi connectivity index (χ1n) is 8.87. The Bertz CT molecular complexity index is 905. The van der Waals surface area contributed by atoms with E-state index in [1.807, 2.05) is 0 Å². The molecular weight excluding hydrogens is 372 g/mol. The molecule has 2 saturated carbocycles. The molecule has 26 heavy (non-hydrogen) atoms. The summed E-state index contributed by atoms with van der Waals surface area (Å²) in [5.41, 5.74) is 0.0583. The Morgan fingerprint density at radius 2 is 1.54 bits per heavy atom. The van der Waals surface area contributed by atoms with Crippen LogP contribution in [-0.2, 0) is 20.0 Å². The Morgan fingerprint density at radius 1 is 1.00 bits per heavy atom. The maximum Gasteiger partial charge on any atom is 0.242 e. The first-order valence-corrected chi connectivity index (χ1v) is 11.8. The predicted molar refractivity (Wildman–Crippen MR) is 101 cm³/mol. The summed E-state index contributed by atoms with van der Waals surface area (Å²) in [5.74, 6) is 0.535. The van der Waals surface area contributed by atoms with Gasteiger partial charge >= 0.3 is 0 Å². The van der Waals surface area contributed by atoms with Crippen LogP contribution >= 0.6 is 0 Å². The van der Waals surface area contributed by atoms with Gasteiger partial charge in [-0.3, -0.25) is 0 Å². The van der Waals surface area contributed by atoms with Crippen molar-refractivity contribution in [2.75, 3.05) is 14.1 Å². The first kappa shape index (κ1) is 19.8. The van der Waals surface area contributed by atoms with Crippen molar-refractivity contribution in [3.63, 3.8) is 0 Å². The van der Waals surface area contributed by atoms with Gasteiger partial charge in [-0.05, 0) is 60.3 Å². The molecule has 2 aliphatic rings. The molecular formula is C18H28N2O4S2. The van der Waals surface area contributed by atoms with Crippen LogP contribution in [0, 0.1) is 16.7 Å². The third-order valence-electron chi connectivity index (χ3n) is 7.00. The smallest absolute Gasteiger partial charge is 0.207 e. The van der Waals surface area contributed by atoms with Crippen molar-refractivity contribution >= 4 is 20.0 Å². The van der Waals surface area contributed by atoms with Crippen LogP contribution in [0.25, 0.3) is 0 Å².